The standard InChI is InChI=1S/C15H20O7/c1-7-4-3-5-8(2)10(7)14(20)22-15-13(19)12(18)11(17)9(6-16)21-15/h3-5,9,11-13,15-19H,6H2,1-2H3. The van der Waals surface area contributed by atoms with Gasteiger partial charge in [-0.15, -0.1) is 0 Å². The van der Waals surface area contributed by atoms with Crippen molar-refractivity contribution in [3.05, 3.63) is 34.9 Å². The summed E-state index contributed by atoms with van der Waals surface area (Å²) in [7, 11) is 0. The number of benzene rings is 1. The maximum atomic E-state index is 12.3. The van der Waals surface area contributed by atoms with Gasteiger partial charge in [-0.05, 0) is 25.0 Å². The van der Waals surface area contributed by atoms with Crippen LogP contribution < -0.4 is 0 Å². The summed E-state index contributed by atoms with van der Waals surface area (Å²) in [5.41, 5.74) is 1.75. The van der Waals surface area contributed by atoms with E-state index in [1.54, 1.807) is 32.0 Å². The molecule has 4 N–H and O–H groups in total. The van der Waals surface area contributed by atoms with Crippen molar-refractivity contribution >= 4 is 5.97 Å². The largest absolute Gasteiger partial charge is 0.429 e. The first-order valence-corrected chi connectivity index (χ1v) is 6.94. The molecule has 1 aliphatic heterocycles. The van der Waals surface area contributed by atoms with Crippen LogP contribution in [-0.4, -0.2) is 63.7 Å². The predicted octanol–water partition coefficient (Wildman–Crippen LogP) is -0.740. The van der Waals surface area contributed by atoms with E-state index < -0.39 is 43.3 Å². The number of hydrogen-bond acceptors (Lipinski definition) is 7. The van der Waals surface area contributed by atoms with Crippen LogP contribution in [0.5, 0.6) is 0 Å². The Morgan fingerprint density at radius 3 is 2.27 bits per heavy atom. The molecule has 0 aromatic heterocycles. The van der Waals surface area contributed by atoms with Crippen molar-refractivity contribution in [3.63, 3.8) is 0 Å². The van der Waals surface area contributed by atoms with Gasteiger partial charge in [0, 0.05) is 0 Å². The topological polar surface area (TPSA) is 116 Å². The SMILES string of the molecule is Cc1cccc(C)c1C(=O)OC1OC(CO)C(O)C(O)C1O. The van der Waals surface area contributed by atoms with Crippen LogP contribution in [0.4, 0.5) is 0 Å². The molecule has 22 heavy (non-hydrogen) atoms. The number of carbonyl (C=O) groups excluding carboxylic acids is 1. The number of rotatable bonds is 3. The van der Waals surface area contributed by atoms with Crippen LogP contribution >= 0.6 is 0 Å². The molecule has 1 aromatic carbocycles. The van der Waals surface area contributed by atoms with E-state index >= 15 is 0 Å². The lowest BCUT2D eigenvalue weighted by molar-refractivity contribution is -0.285. The monoisotopic (exact) mass is 312 g/mol. The summed E-state index contributed by atoms with van der Waals surface area (Å²) in [5.74, 6) is -0.708. The zero-order chi connectivity index (χ0) is 16.4. The van der Waals surface area contributed by atoms with Crippen molar-refractivity contribution in [1.82, 2.24) is 0 Å². The van der Waals surface area contributed by atoms with Crippen molar-refractivity contribution in [2.45, 2.75) is 44.6 Å². The zero-order valence-corrected chi connectivity index (χ0v) is 12.3. The molecule has 1 aliphatic rings. The molecular weight excluding hydrogens is 292 g/mol. The van der Waals surface area contributed by atoms with Gasteiger partial charge in [0.2, 0.25) is 6.29 Å². The fourth-order valence-electron chi connectivity index (χ4n) is 2.47. The Bertz CT molecular complexity index is 522. The van der Waals surface area contributed by atoms with E-state index in [4.69, 9.17) is 14.6 Å². The molecule has 0 radical (unpaired) electrons. The molecule has 122 valence electrons. The summed E-state index contributed by atoms with van der Waals surface area (Å²) in [6.45, 7) is 2.91. The van der Waals surface area contributed by atoms with Crippen LogP contribution in [0.15, 0.2) is 18.2 Å². The van der Waals surface area contributed by atoms with Gasteiger partial charge in [0.25, 0.3) is 0 Å². The highest BCUT2D eigenvalue weighted by Crippen LogP contribution is 2.24. The molecule has 1 saturated heterocycles. The van der Waals surface area contributed by atoms with E-state index in [2.05, 4.69) is 0 Å². The van der Waals surface area contributed by atoms with Crippen LogP contribution in [0.1, 0.15) is 21.5 Å². The molecule has 1 aromatic rings. The highest BCUT2D eigenvalue weighted by molar-refractivity contribution is 5.92. The molecule has 1 fully saturated rings. The van der Waals surface area contributed by atoms with Crippen molar-refractivity contribution in [2.75, 3.05) is 6.61 Å². The second-order valence-corrected chi connectivity index (χ2v) is 5.37. The van der Waals surface area contributed by atoms with Crippen molar-refractivity contribution in [3.8, 4) is 0 Å². The van der Waals surface area contributed by atoms with E-state index in [9.17, 15) is 20.1 Å². The van der Waals surface area contributed by atoms with Crippen molar-refractivity contribution in [2.24, 2.45) is 0 Å². The minimum absolute atomic E-state index is 0.347. The minimum Gasteiger partial charge on any atom is -0.429 e. The van der Waals surface area contributed by atoms with Gasteiger partial charge in [0.1, 0.15) is 24.4 Å². The van der Waals surface area contributed by atoms with Gasteiger partial charge in [0.15, 0.2) is 0 Å². The molecule has 1 heterocycles. The predicted molar refractivity (Wildman–Crippen MR) is 75.1 cm³/mol. The summed E-state index contributed by atoms with van der Waals surface area (Å²) in [4.78, 5) is 12.3. The minimum atomic E-state index is -1.61. The zero-order valence-electron chi connectivity index (χ0n) is 12.3. The molecule has 2 rings (SSSR count). The number of ether oxygens (including phenoxy) is 2. The summed E-state index contributed by atoms with van der Waals surface area (Å²) in [6.07, 6.45) is -7.26. The Morgan fingerprint density at radius 1 is 1.14 bits per heavy atom. The van der Waals surface area contributed by atoms with Crippen LogP contribution in [0, 0.1) is 13.8 Å². The average Bonchev–Trinajstić information content (AvgIpc) is 2.47. The Kier molecular flexibility index (Phi) is 5.15. The first-order valence-electron chi connectivity index (χ1n) is 6.94. The highest BCUT2D eigenvalue weighted by atomic mass is 16.7. The second-order valence-electron chi connectivity index (χ2n) is 5.37. The Hall–Kier alpha value is -1.51. The Morgan fingerprint density at radius 2 is 1.73 bits per heavy atom. The third-order valence-electron chi connectivity index (χ3n) is 3.76. The van der Waals surface area contributed by atoms with Crippen LogP contribution in [0.25, 0.3) is 0 Å². The van der Waals surface area contributed by atoms with Gasteiger partial charge >= 0.3 is 5.97 Å². The van der Waals surface area contributed by atoms with Crippen LogP contribution in [0.3, 0.4) is 0 Å². The lowest BCUT2D eigenvalue weighted by Gasteiger charge is -2.39. The fourth-order valence-corrected chi connectivity index (χ4v) is 2.47. The fraction of sp³-hybridized carbons (Fsp3) is 0.533. The number of aliphatic hydroxyl groups excluding tert-OH is 4. The first kappa shape index (κ1) is 16.9. The van der Waals surface area contributed by atoms with Gasteiger partial charge in [-0.3, -0.25) is 0 Å². The summed E-state index contributed by atoms with van der Waals surface area (Å²) in [6, 6.07) is 5.29. The van der Waals surface area contributed by atoms with E-state index in [0.717, 1.165) is 0 Å². The van der Waals surface area contributed by atoms with E-state index in [-0.39, 0.29) is 0 Å². The lowest BCUT2D eigenvalue weighted by atomic mass is 9.99. The summed E-state index contributed by atoms with van der Waals surface area (Å²) < 4.78 is 10.3. The normalized spacial score (nSPS) is 31.8. The van der Waals surface area contributed by atoms with E-state index in [1.165, 1.54) is 0 Å². The van der Waals surface area contributed by atoms with Gasteiger partial charge in [-0.1, -0.05) is 18.2 Å². The van der Waals surface area contributed by atoms with Crippen molar-refractivity contribution in [1.29, 1.82) is 0 Å². The van der Waals surface area contributed by atoms with Gasteiger partial charge in [-0.2, -0.15) is 0 Å². The third-order valence-corrected chi connectivity index (χ3v) is 3.76. The summed E-state index contributed by atoms with van der Waals surface area (Å²) >= 11 is 0. The lowest BCUT2D eigenvalue weighted by Crippen LogP contribution is -2.59. The maximum absolute atomic E-state index is 12.3. The molecule has 0 bridgehead atoms. The Labute approximate surface area is 127 Å². The average molecular weight is 312 g/mol. The van der Waals surface area contributed by atoms with Gasteiger partial charge in [-0.25, -0.2) is 4.79 Å². The first-order chi connectivity index (χ1) is 10.4. The van der Waals surface area contributed by atoms with Crippen molar-refractivity contribution < 1.29 is 34.7 Å². The second kappa shape index (κ2) is 6.72. The molecule has 0 aliphatic carbocycles. The third kappa shape index (κ3) is 3.13. The molecule has 0 amide bonds. The molecule has 0 saturated carbocycles. The van der Waals surface area contributed by atoms with E-state index in [1.807, 2.05) is 0 Å². The van der Waals surface area contributed by atoms with Gasteiger partial charge in [0.05, 0.1) is 12.2 Å². The quantitative estimate of drug-likeness (QED) is 0.543. The molecule has 0 spiro atoms. The number of esters is 1. The van der Waals surface area contributed by atoms with Gasteiger partial charge < -0.3 is 29.9 Å². The number of carbonyl (C=O) groups is 1. The smallest absolute Gasteiger partial charge is 0.341 e. The number of hydrogen-bond donors (Lipinski definition) is 4. The molecule has 7 nitrogen and oxygen atoms in total. The van der Waals surface area contributed by atoms with E-state index in [0.29, 0.717) is 16.7 Å². The number of aliphatic hydroxyl groups is 4. The molecule has 5 unspecified atom stereocenters. The maximum Gasteiger partial charge on any atom is 0.341 e. The Balaban J connectivity index is 2.17. The highest BCUT2D eigenvalue weighted by Gasteiger charge is 2.45. The number of aryl methyl sites for hydroxylation is 2. The van der Waals surface area contributed by atoms with Crippen LogP contribution in [0.2, 0.25) is 0 Å². The summed E-state index contributed by atoms with van der Waals surface area (Å²) in [5, 5.41) is 38.3. The van der Waals surface area contributed by atoms with Crippen LogP contribution in [-0.2, 0) is 9.47 Å². The molecular formula is C15H20O7. The molecule has 7 heteroatoms. The molecule has 5 atom stereocenters.